The molecule has 30 heavy (non-hydrogen) atoms. The maximum atomic E-state index is 11.8. The molecule has 152 valence electrons. The zero-order chi connectivity index (χ0) is 21.3. The van der Waals surface area contributed by atoms with E-state index in [0.29, 0.717) is 35.8 Å². The summed E-state index contributed by atoms with van der Waals surface area (Å²) in [5.41, 5.74) is 9.20. The fourth-order valence-corrected chi connectivity index (χ4v) is 3.79. The number of aromatic nitrogens is 2. The largest absolute Gasteiger partial charge is 0.488 e. The van der Waals surface area contributed by atoms with Crippen LogP contribution in [0.5, 0.6) is 0 Å². The van der Waals surface area contributed by atoms with E-state index in [2.05, 4.69) is 22.2 Å². The van der Waals surface area contributed by atoms with Crippen molar-refractivity contribution in [2.45, 2.75) is 25.9 Å². The van der Waals surface area contributed by atoms with Crippen molar-refractivity contribution >= 4 is 35.9 Å². The Bertz CT molecular complexity index is 1090. The molecule has 1 unspecified atom stereocenters. The van der Waals surface area contributed by atoms with Crippen LogP contribution in [0.1, 0.15) is 28.4 Å². The van der Waals surface area contributed by atoms with Crippen LogP contribution in [0.4, 0.5) is 17.5 Å². The molecule has 1 aromatic heterocycles. The molecule has 0 saturated heterocycles. The predicted molar refractivity (Wildman–Crippen MR) is 116 cm³/mol. The van der Waals surface area contributed by atoms with Gasteiger partial charge in [-0.25, -0.2) is 4.98 Å². The number of primary amides is 1. The Balaban J connectivity index is 1.57. The molecule has 5 N–H and O–H groups in total. The molecule has 9 heteroatoms. The first-order chi connectivity index (χ1) is 14.4. The van der Waals surface area contributed by atoms with Crippen LogP contribution in [-0.4, -0.2) is 39.1 Å². The summed E-state index contributed by atoms with van der Waals surface area (Å²) in [5, 5.41) is 21.9. The second-order valence-corrected chi connectivity index (χ2v) is 7.30. The Morgan fingerprint density at radius 1 is 1.27 bits per heavy atom. The minimum absolute atomic E-state index is 0.0819. The zero-order valence-corrected chi connectivity index (χ0v) is 16.5. The van der Waals surface area contributed by atoms with E-state index < -0.39 is 13.0 Å². The van der Waals surface area contributed by atoms with E-state index in [1.807, 2.05) is 23.1 Å². The van der Waals surface area contributed by atoms with Crippen LogP contribution in [-0.2, 0) is 13.0 Å². The Morgan fingerprint density at radius 2 is 2.07 bits per heavy atom. The molecule has 8 nitrogen and oxygen atoms in total. The first-order valence-corrected chi connectivity index (χ1v) is 9.67. The summed E-state index contributed by atoms with van der Waals surface area (Å²) in [5.74, 6) is 0.738. The smallest absolute Gasteiger partial charge is 0.423 e. The number of benzene rings is 2. The summed E-state index contributed by atoms with van der Waals surface area (Å²) in [6, 6.07) is 14.4. The Labute approximate surface area is 174 Å². The highest BCUT2D eigenvalue weighted by atomic mass is 16.4. The first kappa shape index (κ1) is 19.9. The molecular formula is C21H22BN5O3. The number of nitrogens with one attached hydrogen (secondary N) is 1. The third-order valence-corrected chi connectivity index (χ3v) is 5.20. The number of hydrogen-bond donors (Lipinski definition) is 4. The van der Waals surface area contributed by atoms with Crippen molar-refractivity contribution in [2.24, 2.45) is 5.73 Å². The number of nitrogens with zero attached hydrogens (tertiary/aromatic N) is 3. The minimum atomic E-state index is -1.50. The van der Waals surface area contributed by atoms with Gasteiger partial charge in [0.1, 0.15) is 5.82 Å². The van der Waals surface area contributed by atoms with Gasteiger partial charge in [0.05, 0.1) is 0 Å². The molecule has 2 aromatic carbocycles. The van der Waals surface area contributed by atoms with Gasteiger partial charge in [0.25, 0.3) is 0 Å². The number of carbonyl (C=O) groups excluding carboxylic acids is 1. The summed E-state index contributed by atoms with van der Waals surface area (Å²) in [7, 11) is -1.50. The molecule has 1 amide bonds. The molecule has 1 aliphatic rings. The van der Waals surface area contributed by atoms with Gasteiger partial charge in [-0.15, -0.1) is 0 Å². The van der Waals surface area contributed by atoms with Crippen molar-refractivity contribution in [1.29, 1.82) is 0 Å². The molecule has 0 radical (unpaired) electrons. The van der Waals surface area contributed by atoms with Crippen LogP contribution in [0.15, 0.2) is 54.7 Å². The molecular weight excluding hydrogens is 381 g/mol. The van der Waals surface area contributed by atoms with Crippen LogP contribution in [0.3, 0.4) is 0 Å². The summed E-state index contributed by atoms with van der Waals surface area (Å²) in [6.45, 7) is 2.52. The topological polar surface area (TPSA) is 125 Å². The summed E-state index contributed by atoms with van der Waals surface area (Å²) >= 11 is 0. The number of anilines is 3. The normalized spacial score (nSPS) is 15.0. The fourth-order valence-electron chi connectivity index (χ4n) is 3.79. The highest BCUT2D eigenvalue weighted by Gasteiger charge is 2.31. The van der Waals surface area contributed by atoms with E-state index >= 15 is 0 Å². The first-order valence-electron chi connectivity index (χ1n) is 9.67. The molecule has 0 spiro atoms. The summed E-state index contributed by atoms with van der Waals surface area (Å²) in [4.78, 5) is 22.9. The maximum Gasteiger partial charge on any atom is 0.488 e. The number of carbonyl (C=O) groups is 1. The van der Waals surface area contributed by atoms with E-state index in [9.17, 15) is 14.8 Å². The zero-order valence-electron chi connectivity index (χ0n) is 16.5. The van der Waals surface area contributed by atoms with Gasteiger partial charge in [0, 0.05) is 30.0 Å². The van der Waals surface area contributed by atoms with Gasteiger partial charge in [-0.1, -0.05) is 30.3 Å². The Morgan fingerprint density at radius 3 is 2.83 bits per heavy atom. The van der Waals surface area contributed by atoms with Gasteiger partial charge in [-0.2, -0.15) is 4.98 Å². The number of fused-ring (bicyclic) bond motifs is 1. The van der Waals surface area contributed by atoms with Crippen LogP contribution < -0.4 is 21.4 Å². The molecule has 1 aliphatic heterocycles. The van der Waals surface area contributed by atoms with E-state index in [4.69, 9.17) is 5.73 Å². The lowest BCUT2D eigenvalue weighted by Crippen LogP contribution is -2.30. The second-order valence-electron chi connectivity index (χ2n) is 7.30. The molecule has 0 saturated carbocycles. The number of amides is 1. The number of rotatable bonds is 6. The fraction of sp³-hybridized carbons (Fsp3) is 0.190. The molecule has 0 bridgehead atoms. The lowest BCUT2D eigenvalue weighted by Gasteiger charge is -2.23. The highest BCUT2D eigenvalue weighted by Crippen LogP contribution is 2.38. The van der Waals surface area contributed by atoms with Crippen molar-refractivity contribution in [3.8, 4) is 0 Å². The molecule has 2 heterocycles. The average Bonchev–Trinajstić information content (AvgIpc) is 3.08. The van der Waals surface area contributed by atoms with E-state index in [1.54, 1.807) is 36.5 Å². The maximum absolute atomic E-state index is 11.8. The number of hydrogen-bond acceptors (Lipinski definition) is 7. The van der Waals surface area contributed by atoms with Crippen LogP contribution in [0.2, 0.25) is 0 Å². The summed E-state index contributed by atoms with van der Waals surface area (Å²) in [6.07, 6.45) is 2.37. The molecule has 0 aliphatic carbocycles. The van der Waals surface area contributed by atoms with Gasteiger partial charge in [-0.3, -0.25) is 4.79 Å². The molecule has 1 atom stereocenters. The lowest BCUT2D eigenvalue weighted by molar-refractivity contribution is 0.0999. The quantitative estimate of drug-likeness (QED) is 0.452. The van der Waals surface area contributed by atoms with E-state index in [1.165, 1.54) is 0 Å². The van der Waals surface area contributed by atoms with Gasteiger partial charge in [0.2, 0.25) is 11.9 Å². The molecule has 3 aromatic rings. The highest BCUT2D eigenvalue weighted by molar-refractivity contribution is 6.58. The van der Waals surface area contributed by atoms with Crippen molar-refractivity contribution in [2.75, 3.05) is 10.2 Å². The van der Waals surface area contributed by atoms with Gasteiger partial charge >= 0.3 is 7.12 Å². The standard InChI is InChI=1S/C21H22BN5O3/c1-13-10-17-16(20(23)28)6-3-7-18(17)27(13)21-24-9-8-19(26-21)25-12-14-4-2-5-15(11-14)22(29)30/h2-9,11,13,29-30H,10,12H2,1H3,(H2,23,28)(H,24,25,26). The van der Waals surface area contributed by atoms with Crippen LogP contribution in [0, 0.1) is 0 Å². The molecule has 0 fully saturated rings. The minimum Gasteiger partial charge on any atom is -0.423 e. The third-order valence-electron chi connectivity index (χ3n) is 5.20. The van der Waals surface area contributed by atoms with Crippen LogP contribution in [0.25, 0.3) is 0 Å². The third kappa shape index (κ3) is 3.85. The van der Waals surface area contributed by atoms with E-state index in [-0.39, 0.29) is 6.04 Å². The van der Waals surface area contributed by atoms with Gasteiger partial charge < -0.3 is 26.0 Å². The molecule has 4 rings (SSSR count). The van der Waals surface area contributed by atoms with E-state index in [0.717, 1.165) is 16.8 Å². The lowest BCUT2D eigenvalue weighted by atomic mass is 9.80. The monoisotopic (exact) mass is 403 g/mol. The van der Waals surface area contributed by atoms with Crippen molar-refractivity contribution < 1.29 is 14.8 Å². The number of nitrogens with two attached hydrogens (primary N) is 1. The Kier molecular flexibility index (Phi) is 5.39. The van der Waals surface area contributed by atoms with Crippen molar-refractivity contribution in [3.63, 3.8) is 0 Å². The predicted octanol–water partition coefficient (Wildman–Crippen LogP) is 0.950. The SMILES string of the molecule is CC1Cc2c(C(N)=O)cccc2N1c1nccc(NCc2cccc(B(O)O)c2)n1. The Hall–Kier alpha value is -3.43. The van der Waals surface area contributed by atoms with Crippen molar-refractivity contribution in [3.05, 3.63) is 71.4 Å². The van der Waals surface area contributed by atoms with Crippen LogP contribution >= 0.6 is 0 Å². The second kappa shape index (κ2) is 8.13. The van der Waals surface area contributed by atoms with Gasteiger partial charge in [-0.05, 0) is 48.1 Å². The van der Waals surface area contributed by atoms with Crippen molar-refractivity contribution in [1.82, 2.24) is 9.97 Å². The van der Waals surface area contributed by atoms with Gasteiger partial charge in [0.15, 0.2) is 0 Å². The summed E-state index contributed by atoms with van der Waals surface area (Å²) < 4.78 is 0. The average molecular weight is 403 g/mol.